The standard InChI is InChI=1S/C36H57N2O6/c1-4-6-8-10-12-16-24-41-35(42-25-17-13-11-9-7-5-2)19-18-34(39)43-29-32-26-31(3)27-33(28-32)30-44-36(40)37-20-23-38-21-14-15-22-38/h6-9,26-28,35H,3-5,10-25,29-30H2,1-2H3,(H,37,40)/b8-6-,9-7-. The maximum Gasteiger partial charge on any atom is 0.407 e. The van der Waals surface area contributed by atoms with Gasteiger partial charge >= 0.3 is 12.1 Å². The molecule has 2 rings (SSSR count). The van der Waals surface area contributed by atoms with Crippen molar-refractivity contribution in [1.82, 2.24) is 10.2 Å². The zero-order valence-corrected chi connectivity index (χ0v) is 27.4. The number of ether oxygens (including phenoxy) is 4. The first kappa shape index (κ1) is 37.5. The van der Waals surface area contributed by atoms with E-state index >= 15 is 0 Å². The maximum absolute atomic E-state index is 12.6. The zero-order chi connectivity index (χ0) is 31.7. The number of likely N-dealkylation sites (tertiary alicyclic amines) is 1. The predicted molar refractivity (Wildman–Crippen MR) is 176 cm³/mol. The van der Waals surface area contributed by atoms with E-state index in [9.17, 15) is 9.59 Å². The van der Waals surface area contributed by atoms with Crippen molar-refractivity contribution in [1.29, 1.82) is 0 Å². The SMILES string of the molecule is [CH2]c1cc(COC(=O)CCC(OCCCC/C=C\CC)OCCCC/C=C\CC)cc(COC(=O)NCCN2CCCC2)c1. The molecule has 0 spiro atoms. The molecule has 0 aliphatic carbocycles. The summed E-state index contributed by atoms with van der Waals surface area (Å²) in [5.74, 6) is -0.304. The third-order valence-corrected chi connectivity index (χ3v) is 7.30. The lowest BCUT2D eigenvalue weighted by Crippen LogP contribution is -2.33. The van der Waals surface area contributed by atoms with Crippen molar-refractivity contribution in [2.24, 2.45) is 0 Å². The van der Waals surface area contributed by atoms with Crippen LogP contribution in [0.4, 0.5) is 4.79 Å². The van der Waals surface area contributed by atoms with Crippen molar-refractivity contribution in [3.63, 3.8) is 0 Å². The van der Waals surface area contributed by atoms with Crippen LogP contribution in [-0.2, 0) is 37.0 Å². The molecule has 44 heavy (non-hydrogen) atoms. The molecule has 0 saturated carbocycles. The Balaban J connectivity index is 1.72. The second kappa shape index (κ2) is 24.6. The van der Waals surface area contributed by atoms with E-state index in [1.165, 1.54) is 12.8 Å². The Bertz CT molecular complexity index is 949. The molecule has 8 nitrogen and oxygen atoms in total. The van der Waals surface area contributed by atoms with Crippen LogP contribution in [0.15, 0.2) is 42.5 Å². The molecular weight excluding hydrogens is 556 g/mol. The van der Waals surface area contributed by atoms with Gasteiger partial charge in [-0.15, -0.1) is 0 Å². The molecule has 1 fully saturated rings. The monoisotopic (exact) mass is 613 g/mol. The molecule has 0 atom stereocenters. The van der Waals surface area contributed by atoms with E-state index in [4.69, 9.17) is 18.9 Å². The highest BCUT2D eigenvalue weighted by molar-refractivity contribution is 5.69. The van der Waals surface area contributed by atoms with Gasteiger partial charge in [0.15, 0.2) is 6.29 Å². The summed E-state index contributed by atoms with van der Waals surface area (Å²) in [6.07, 6.45) is 19.3. The number of nitrogens with zero attached hydrogens (tertiary/aromatic N) is 1. The normalized spacial score (nSPS) is 13.8. The smallest absolute Gasteiger partial charge is 0.407 e. The third-order valence-electron chi connectivity index (χ3n) is 7.30. The lowest BCUT2D eigenvalue weighted by molar-refractivity contribution is -0.160. The minimum Gasteiger partial charge on any atom is -0.461 e. The second-order valence-electron chi connectivity index (χ2n) is 11.3. The fraction of sp³-hybridized carbons (Fsp3) is 0.639. The van der Waals surface area contributed by atoms with Gasteiger partial charge in [0.2, 0.25) is 0 Å². The van der Waals surface area contributed by atoms with Crippen LogP contribution in [0.5, 0.6) is 0 Å². The first-order chi connectivity index (χ1) is 21.5. The number of rotatable bonds is 24. The quantitative estimate of drug-likeness (QED) is 0.0555. The minimum absolute atomic E-state index is 0.125. The molecule has 8 heteroatoms. The van der Waals surface area contributed by atoms with Gasteiger partial charge in [0.25, 0.3) is 0 Å². The van der Waals surface area contributed by atoms with Crippen molar-refractivity contribution in [3.8, 4) is 0 Å². The van der Waals surface area contributed by atoms with Crippen molar-refractivity contribution in [2.45, 2.75) is 110 Å². The van der Waals surface area contributed by atoms with Gasteiger partial charge in [-0.05, 0) is 107 Å². The highest BCUT2D eigenvalue weighted by Crippen LogP contribution is 2.14. The number of esters is 1. The van der Waals surface area contributed by atoms with Crippen LogP contribution in [0.2, 0.25) is 0 Å². The van der Waals surface area contributed by atoms with Crippen LogP contribution in [0, 0.1) is 6.92 Å². The highest BCUT2D eigenvalue weighted by atomic mass is 16.7. The van der Waals surface area contributed by atoms with E-state index in [-0.39, 0.29) is 25.6 Å². The van der Waals surface area contributed by atoms with Gasteiger partial charge in [-0.1, -0.05) is 50.3 Å². The molecule has 0 aromatic heterocycles. The number of carbonyl (C=O) groups excluding carboxylic acids is 2. The zero-order valence-electron chi connectivity index (χ0n) is 27.4. The molecule has 1 aromatic carbocycles. The van der Waals surface area contributed by atoms with Crippen molar-refractivity contribution >= 4 is 12.1 Å². The van der Waals surface area contributed by atoms with Crippen LogP contribution < -0.4 is 5.32 Å². The number of alkyl carbamates (subject to hydrolysis) is 1. The van der Waals surface area contributed by atoms with Crippen LogP contribution in [0.1, 0.15) is 108 Å². The molecule has 1 aliphatic rings. The highest BCUT2D eigenvalue weighted by Gasteiger charge is 2.15. The molecule has 1 saturated heterocycles. The predicted octanol–water partition coefficient (Wildman–Crippen LogP) is 7.65. The average Bonchev–Trinajstić information content (AvgIpc) is 3.53. The Morgan fingerprint density at radius 2 is 1.45 bits per heavy atom. The van der Waals surface area contributed by atoms with E-state index in [2.05, 4.69) is 55.3 Å². The number of carbonyl (C=O) groups is 2. The summed E-state index contributed by atoms with van der Waals surface area (Å²) < 4.78 is 23.0. The van der Waals surface area contributed by atoms with Gasteiger partial charge in [-0.3, -0.25) is 4.79 Å². The molecular formula is C36H57N2O6. The van der Waals surface area contributed by atoms with E-state index in [0.29, 0.717) is 26.2 Å². The van der Waals surface area contributed by atoms with Gasteiger partial charge in [-0.25, -0.2) is 4.79 Å². The van der Waals surface area contributed by atoms with Gasteiger partial charge in [-0.2, -0.15) is 0 Å². The van der Waals surface area contributed by atoms with Crippen molar-refractivity contribution in [2.75, 3.05) is 39.4 Å². The molecule has 1 heterocycles. The Morgan fingerprint density at radius 1 is 0.864 bits per heavy atom. The van der Waals surface area contributed by atoms with Crippen LogP contribution in [0.3, 0.4) is 0 Å². The first-order valence-electron chi connectivity index (χ1n) is 16.8. The van der Waals surface area contributed by atoms with E-state index in [1.807, 2.05) is 18.2 Å². The lowest BCUT2D eigenvalue weighted by Gasteiger charge is -2.18. The number of benzene rings is 1. The summed E-state index contributed by atoms with van der Waals surface area (Å²) in [5, 5.41) is 2.81. The average molecular weight is 614 g/mol. The molecule has 1 aromatic rings. The van der Waals surface area contributed by atoms with Gasteiger partial charge in [0.1, 0.15) is 13.2 Å². The van der Waals surface area contributed by atoms with E-state index < -0.39 is 12.4 Å². The Kier molecular flexibility index (Phi) is 21.0. The molecule has 1 amide bonds. The van der Waals surface area contributed by atoms with Gasteiger partial charge in [0.05, 0.1) is 6.42 Å². The Morgan fingerprint density at radius 3 is 2.05 bits per heavy atom. The number of hydrogen-bond donors (Lipinski definition) is 1. The topological polar surface area (TPSA) is 86.3 Å². The summed E-state index contributed by atoms with van der Waals surface area (Å²) in [6, 6.07) is 5.61. The second-order valence-corrected chi connectivity index (χ2v) is 11.3. The number of unbranched alkanes of at least 4 members (excludes halogenated alkanes) is 4. The Hall–Kier alpha value is -2.68. The van der Waals surface area contributed by atoms with Crippen molar-refractivity contribution < 1.29 is 28.5 Å². The van der Waals surface area contributed by atoms with Gasteiger partial charge < -0.3 is 29.2 Å². The molecule has 0 bridgehead atoms. The molecule has 247 valence electrons. The number of allylic oxidation sites excluding steroid dienone is 4. The summed E-state index contributed by atoms with van der Waals surface area (Å²) in [6.45, 7) is 13.4. The fourth-order valence-electron chi connectivity index (χ4n) is 4.94. The molecule has 0 unspecified atom stereocenters. The maximum atomic E-state index is 12.6. The molecule has 1 aliphatic heterocycles. The summed E-state index contributed by atoms with van der Waals surface area (Å²) in [5.41, 5.74) is 2.37. The molecule has 1 N–H and O–H groups in total. The van der Waals surface area contributed by atoms with Crippen molar-refractivity contribution in [3.05, 3.63) is 66.1 Å². The number of hydrogen-bond acceptors (Lipinski definition) is 7. The number of nitrogens with one attached hydrogen (secondary N) is 1. The third kappa shape index (κ3) is 18.9. The van der Waals surface area contributed by atoms with E-state index in [1.54, 1.807) is 0 Å². The van der Waals surface area contributed by atoms with Crippen LogP contribution >= 0.6 is 0 Å². The van der Waals surface area contributed by atoms with Gasteiger partial charge in [0, 0.05) is 32.7 Å². The first-order valence-corrected chi connectivity index (χ1v) is 16.8. The van der Waals surface area contributed by atoms with Crippen LogP contribution in [-0.4, -0.2) is 62.6 Å². The largest absolute Gasteiger partial charge is 0.461 e. The fourth-order valence-corrected chi connectivity index (χ4v) is 4.94. The number of amides is 1. The lowest BCUT2D eigenvalue weighted by atomic mass is 10.1. The molecule has 1 radical (unpaired) electrons. The Labute approximate surface area is 266 Å². The van der Waals surface area contributed by atoms with E-state index in [0.717, 1.165) is 87.7 Å². The van der Waals surface area contributed by atoms with Crippen LogP contribution in [0.25, 0.3) is 0 Å². The summed E-state index contributed by atoms with van der Waals surface area (Å²) in [4.78, 5) is 27.1. The summed E-state index contributed by atoms with van der Waals surface area (Å²) >= 11 is 0. The summed E-state index contributed by atoms with van der Waals surface area (Å²) in [7, 11) is 0. The minimum atomic E-state index is -0.438.